The zero-order valence-electron chi connectivity index (χ0n) is 20.8. The molecule has 31 heavy (non-hydrogen) atoms. The number of carbonyl (C=O) groups is 2. The van der Waals surface area contributed by atoms with Crippen molar-refractivity contribution in [3.05, 3.63) is 0 Å². The van der Waals surface area contributed by atoms with Crippen LogP contribution in [0, 0.1) is 17.3 Å². The molecular formula is C25H46N4O2. The molecule has 1 saturated carbocycles. The molecule has 3 rings (SSSR count). The van der Waals surface area contributed by atoms with Crippen LogP contribution in [0.25, 0.3) is 0 Å². The number of likely N-dealkylation sites (tertiary alicyclic amines) is 1. The highest BCUT2D eigenvalue weighted by Crippen LogP contribution is 2.47. The summed E-state index contributed by atoms with van der Waals surface area (Å²) in [5.74, 6) is 1.14. The highest BCUT2D eigenvalue weighted by atomic mass is 16.2. The highest BCUT2D eigenvalue weighted by molar-refractivity contribution is 5.90. The lowest BCUT2D eigenvalue weighted by Crippen LogP contribution is -2.62. The van der Waals surface area contributed by atoms with Gasteiger partial charge in [-0.3, -0.25) is 9.59 Å². The average molecular weight is 435 g/mol. The number of hydrogen-bond acceptors (Lipinski definition) is 4. The van der Waals surface area contributed by atoms with E-state index in [0.717, 1.165) is 45.3 Å². The second kappa shape index (κ2) is 10.2. The van der Waals surface area contributed by atoms with Gasteiger partial charge in [0.1, 0.15) is 6.04 Å². The summed E-state index contributed by atoms with van der Waals surface area (Å²) in [6.45, 7) is 11.7. The van der Waals surface area contributed by atoms with Gasteiger partial charge in [-0.1, -0.05) is 27.7 Å². The summed E-state index contributed by atoms with van der Waals surface area (Å²) in [5, 5.41) is 3.38. The molecule has 2 heterocycles. The third kappa shape index (κ3) is 5.81. The summed E-state index contributed by atoms with van der Waals surface area (Å²) >= 11 is 0. The molecule has 2 amide bonds. The molecule has 0 aromatic rings. The van der Waals surface area contributed by atoms with Gasteiger partial charge in [0.15, 0.2) is 0 Å². The van der Waals surface area contributed by atoms with E-state index in [1.165, 1.54) is 19.3 Å². The minimum atomic E-state index is -0.309. The van der Waals surface area contributed by atoms with Gasteiger partial charge in [-0.2, -0.15) is 0 Å². The Morgan fingerprint density at radius 3 is 2.32 bits per heavy atom. The van der Waals surface area contributed by atoms with Gasteiger partial charge in [0.2, 0.25) is 11.8 Å². The minimum absolute atomic E-state index is 0.122. The Balaban J connectivity index is 1.66. The van der Waals surface area contributed by atoms with Crippen LogP contribution in [-0.4, -0.2) is 84.9 Å². The Bertz CT molecular complexity index is 625. The van der Waals surface area contributed by atoms with Crippen molar-refractivity contribution in [2.45, 2.75) is 90.8 Å². The van der Waals surface area contributed by atoms with E-state index in [2.05, 4.69) is 56.9 Å². The lowest BCUT2D eigenvalue weighted by atomic mass is 9.76. The van der Waals surface area contributed by atoms with E-state index in [9.17, 15) is 9.59 Å². The molecule has 0 radical (unpaired) electrons. The topological polar surface area (TPSA) is 55.9 Å². The van der Waals surface area contributed by atoms with Crippen molar-refractivity contribution in [3.63, 3.8) is 0 Å². The van der Waals surface area contributed by atoms with Gasteiger partial charge < -0.3 is 20.0 Å². The molecule has 0 aromatic carbocycles. The maximum absolute atomic E-state index is 13.7. The van der Waals surface area contributed by atoms with E-state index in [-0.39, 0.29) is 23.9 Å². The van der Waals surface area contributed by atoms with Gasteiger partial charge in [-0.15, -0.1) is 0 Å². The normalized spacial score (nSPS) is 27.7. The average Bonchev–Trinajstić information content (AvgIpc) is 3.12. The zero-order valence-corrected chi connectivity index (χ0v) is 20.8. The number of carbonyl (C=O) groups excluding carboxylic acids is 2. The molecule has 0 aromatic heterocycles. The lowest BCUT2D eigenvalue weighted by molar-refractivity contribution is -0.151. The molecule has 3 fully saturated rings. The molecule has 6 nitrogen and oxygen atoms in total. The first kappa shape index (κ1) is 24.5. The third-order valence-electron chi connectivity index (χ3n) is 7.93. The van der Waals surface area contributed by atoms with Gasteiger partial charge in [-0.05, 0) is 76.3 Å². The third-order valence-corrected chi connectivity index (χ3v) is 7.93. The van der Waals surface area contributed by atoms with Gasteiger partial charge in [-0.25, -0.2) is 0 Å². The molecule has 1 aliphatic carbocycles. The van der Waals surface area contributed by atoms with Crippen molar-refractivity contribution in [2.24, 2.45) is 17.3 Å². The summed E-state index contributed by atoms with van der Waals surface area (Å²) < 4.78 is 0. The van der Waals surface area contributed by atoms with Crippen LogP contribution in [0.5, 0.6) is 0 Å². The van der Waals surface area contributed by atoms with E-state index in [0.29, 0.717) is 29.8 Å². The maximum atomic E-state index is 13.7. The first-order valence-corrected chi connectivity index (χ1v) is 12.6. The molecule has 6 heteroatoms. The Morgan fingerprint density at radius 2 is 1.77 bits per heavy atom. The number of hydrogen-bond donors (Lipinski definition) is 1. The summed E-state index contributed by atoms with van der Waals surface area (Å²) in [5.41, 5.74) is 0.423. The van der Waals surface area contributed by atoms with E-state index in [1.807, 2.05) is 4.90 Å². The molecular weight excluding hydrogens is 388 g/mol. The highest BCUT2D eigenvalue weighted by Gasteiger charge is 2.44. The van der Waals surface area contributed by atoms with Crippen LogP contribution in [-0.2, 0) is 9.59 Å². The van der Waals surface area contributed by atoms with Gasteiger partial charge in [0.05, 0.1) is 6.04 Å². The van der Waals surface area contributed by atoms with Crippen molar-refractivity contribution in [3.8, 4) is 0 Å². The standard InChI is InChI=1S/C25H46N4O2/c1-18(2)15-21-23(30)29(14-11-26-21)22(16-19(3)4)24(31)28-12-9-25(10-13-28)8-7-20(17-25)27(5)6/h18-22,26H,7-17H2,1-6H3/t20?,21-,22-/m0/s1. The van der Waals surface area contributed by atoms with E-state index in [1.54, 1.807) is 0 Å². The first-order chi connectivity index (χ1) is 14.6. The maximum Gasteiger partial charge on any atom is 0.245 e. The number of rotatable bonds is 7. The predicted molar refractivity (Wildman–Crippen MR) is 126 cm³/mol. The van der Waals surface area contributed by atoms with E-state index >= 15 is 0 Å². The number of amides is 2. The molecule has 178 valence electrons. The fraction of sp³-hybridized carbons (Fsp3) is 0.920. The largest absolute Gasteiger partial charge is 0.341 e. The van der Waals surface area contributed by atoms with Crippen LogP contribution in [0.15, 0.2) is 0 Å². The summed E-state index contributed by atoms with van der Waals surface area (Å²) in [6, 6.07) is 0.228. The Kier molecular flexibility index (Phi) is 8.06. The van der Waals surface area contributed by atoms with Gasteiger partial charge in [0, 0.05) is 32.2 Å². The number of piperidine rings is 1. The van der Waals surface area contributed by atoms with E-state index in [4.69, 9.17) is 0 Å². The Labute approximate surface area is 190 Å². The SMILES string of the molecule is CC(C)C[C@@H]1NCCN([C@@H](CC(C)C)C(=O)N2CCC3(CCC(N(C)C)C3)CC2)C1=O. The summed E-state index contributed by atoms with van der Waals surface area (Å²) in [6.07, 6.45) is 7.65. The fourth-order valence-corrected chi connectivity index (χ4v) is 6.01. The van der Waals surface area contributed by atoms with Crippen molar-refractivity contribution in [1.82, 2.24) is 20.0 Å². The van der Waals surface area contributed by atoms with Crippen LogP contribution in [0.1, 0.15) is 72.6 Å². The second-order valence-electron chi connectivity index (χ2n) is 11.5. The number of nitrogens with one attached hydrogen (secondary N) is 1. The van der Waals surface area contributed by atoms with Crippen molar-refractivity contribution >= 4 is 11.8 Å². The van der Waals surface area contributed by atoms with Crippen LogP contribution >= 0.6 is 0 Å². The van der Waals surface area contributed by atoms with Crippen molar-refractivity contribution in [1.29, 1.82) is 0 Å². The predicted octanol–water partition coefficient (Wildman–Crippen LogP) is 2.97. The molecule has 3 aliphatic rings. The fourth-order valence-electron chi connectivity index (χ4n) is 6.01. The van der Waals surface area contributed by atoms with Crippen LogP contribution in [0.3, 0.4) is 0 Å². The molecule has 2 saturated heterocycles. The quantitative estimate of drug-likeness (QED) is 0.669. The van der Waals surface area contributed by atoms with E-state index < -0.39 is 0 Å². The van der Waals surface area contributed by atoms with Crippen molar-refractivity contribution < 1.29 is 9.59 Å². The van der Waals surface area contributed by atoms with Crippen LogP contribution in [0.4, 0.5) is 0 Å². The zero-order chi connectivity index (χ0) is 22.8. The second-order valence-corrected chi connectivity index (χ2v) is 11.5. The van der Waals surface area contributed by atoms with Gasteiger partial charge in [0.25, 0.3) is 0 Å². The molecule has 1 unspecified atom stereocenters. The van der Waals surface area contributed by atoms with Crippen LogP contribution in [0.2, 0.25) is 0 Å². The molecule has 1 N–H and O–H groups in total. The molecule has 1 spiro atoms. The summed E-state index contributed by atoms with van der Waals surface area (Å²) in [7, 11) is 4.38. The first-order valence-electron chi connectivity index (χ1n) is 12.6. The molecule has 2 aliphatic heterocycles. The Morgan fingerprint density at radius 1 is 1.10 bits per heavy atom. The lowest BCUT2D eigenvalue weighted by Gasteiger charge is -2.44. The number of piperazine rings is 1. The molecule has 3 atom stereocenters. The van der Waals surface area contributed by atoms with Crippen LogP contribution < -0.4 is 5.32 Å². The summed E-state index contributed by atoms with van der Waals surface area (Å²) in [4.78, 5) is 33.3. The van der Waals surface area contributed by atoms with Gasteiger partial charge >= 0.3 is 0 Å². The Hall–Kier alpha value is -1.14. The monoisotopic (exact) mass is 434 g/mol. The number of nitrogens with zero attached hydrogens (tertiary/aromatic N) is 3. The van der Waals surface area contributed by atoms with Crippen molar-refractivity contribution in [2.75, 3.05) is 40.3 Å². The minimum Gasteiger partial charge on any atom is -0.341 e. The smallest absolute Gasteiger partial charge is 0.245 e. The molecule has 0 bridgehead atoms.